The molecule has 0 unspecified atom stereocenters. The van der Waals surface area contributed by atoms with Crippen molar-refractivity contribution < 1.29 is 5.11 Å². The van der Waals surface area contributed by atoms with Crippen LogP contribution in [0.1, 0.15) is 5.69 Å². The van der Waals surface area contributed by atoms with E-state index in [2.05, 4.69) is 4.98 Å². The molecule has 0 fully saturated rings. The zero-order valence-electron chi connectivity index (χ0n) is 7.79. The number of rotatable bonds is 3. The van der Waals surface area contributed by atoms with Gasteiger partial charge in [0.25, 0.3) is 0 Å². The molecule has 72 valence electrons. The highest BCUT2D eigenvalue weighted by atomic mass is 35.5. The van der Waals surface area contributed by atoms with Crippen molar-refractivity contribution >= 4 is 17.3 Å². The predicted molar refractivity (Wildman–Crippen MR) is 54.3 cm³/mol. The number of pyridine rings is 1. The largest absolute Gasteiger partial charge is 0.395 e. The van der Waals surface area contributed by atoms with E-state index in [0.29, 0.717) is 11.7 Å². The summed E-state index contributed by atoms with van der Waals surface area (Å²) in [6.07, 6.45) is 0. The van der Waals surface area contributed by atoms with Crippen LogP contribution < -0.4 is 4.90 Å². The maximum absolute atomic E-state index is 8.76. The van der Waals surface area contributed by atoms with Gasteiger partial charge in [-0.2, -0.15) is 0 Å². The van der Waals surface area contributed by atoms with E-state index in [4.69, 9.17) is 16.7 Å². The fraction of sp³-hybridized carbons (Fsp3) is 0.444. The molecule has 4 heteroatoms. The minimum atomic E-state index is 0.137. The quantitative estimate of drug-likeness (QED) is 0.751. The summed E-state index contributed by atoms with van der Waals surface area (Å²) in [5, 5.41) is 9.25. The monoisotopic (exact) mass is 200 g/mol. The van der Waals surface area contributed by atoms with Gasteiger partial charge in [-0.15, -0.1) is 0 Å². The molecule has 1 N–H and O–H groups in total. The van der Waals surface area contributed by atoms with Crippen molar-refractivity contribution in [1.29, 1.82) is 0 Å². The molecule has 0 aromatic carbocycles. The van der Waals surface area contributed by atoms with Crippen LogP contribution in [0.15, 0.2) is 12.1 Å². The van der Waals surface area contributed by atoms with Crippen molar-refractivity contribution in [1.82, 2.24) is 4.98 Å². The number of hydrogen-bond donors (Lipinski definition) is 1. The SMILES string of the molecule is Cc1nc(Cl)ccc1N(C)CCO. The van der Waals surface area contributed by atoms with Crippen LogP contribution >= 0.6 is 11.6 Å². The standard InChI is InChI=1S/C9H13ClN2O/c1-7-8(12(2)5-6-13)3-4-9(10)11-7/h3-4,13H,5-6H2,1-2H3. The summed E-state index contributed by atoms with van der Waals surface area (Å²) in [5.41, 5.74) is 1.88. The van der Waals surface area contributed by atoms with Gasteiger partial charge in [-0.05, 0) is 19.1 Å². The Morgan fingerprint density at radius 1 is 1.54 bits per heavy atom. The normalized spacial score (nSPS) is 10.2. The summed E-state index contributed by atoms with van der Waals surface area (Å²) in [6.45, 7) is 2.64. The first-order chi connectivity index (χ1) is 6.15. The zero-order chi connectivity index (χ0) is 9.84. The topological polar surface area (TPSA) is 36.4 Å². The molecule has 1 aromatic heterocycles. The minimum Gasteiger partial charge on any atom is -0.395 e. The lowest BCUT2D eigenvalue weighted by Gasteiger charge is -2.19. The number of aliphatic hydroxyl groups is 1. The van der Waals surface area contributed by atoms with Gasteiger partial charge in [0.1, 0.15) is 5.15 Å². The number of hydrogen-bond acceptors (Lipinski definition) is 3. The lowest BCUT2D eigenvalue weighted by molar-refractivity contribution is 0.304. The third-order valence-electron chi connectivity index (χ3n) is 1.87. The molecule has 13 heavy (non-hydrogen) atoms. The average Bonchev–Trinajstić information content (AvgIpc) is 2.04. The molecule has 0 aliphatic rings. The number of aliphatic hydroxyl groups excluding tert-OH is 1. The number of aromatic nitrogens is 1. The Morgan fingerprint density at radius 2 is 2.23 bits per heavy atom. The van der Waals surface area contributed by atoms with E-state index in [1.807, 2.05) is 24.9 Å². The van der Waals surface area contributed by atoms with Crippen LogP contribution in [-0.4, -0.2) is 30.3 Å². The molecule has 1 heterocycles. The molecule has 0 aliphatic heterocycles. The van der Waals surface area contributed by atoms with Gasteiger partial charge in [-0.3, -0.25) is 0 Å². The van der Waals surface area contributed by atoms with Crippen molar-refractivity contribution in [2.45, 2.75) is 6.92 Å². The summed E-state index contributed by atoms with van der Waals surface area (Å²) in [6, 6.07) is 3.65. The first-order valence-corrected chi connectivity index (χ1v) is 4.48. The van der Waals surface area contributed by atoms with E-state index < -0.39 is 0 Å². The van der Waals surface area contributed by atoms with Gasteiger partial charge in [0, 0.05) is 13.6 Å². The highest BCUT2D eigenvalue weighted by molar-refractivity contribution is 6.29. The predicted octanol–water partition coefficient (Wildman–Crippen LogP) is 1.47. The highest BCUT2D eigenvalue weighted by Gasteiger charge is 2.04. The van der Waals surface area contributed by atoms with Crippen molar-refractivity contribution in [3.63, 3.8) is 0 Å². The molecule has 0 bridgehead atoms. The fourth-order valence-electron chi connectivity index (χ4n) is 1.20. The number of likely N-dealkylation sites (N-methyl/N-ethyl adjacent to an activating group) is 1. The summed E-state index contributed by atoms with van der Waals surface area (Å²) in [7, 11) is 1.91. The van der Waals surface area contributed by atoms with Gasteiger partial charge in [0.2, 0.25) is 0 Å². The Labute approximate surface area is 83.0 Å². The molecule has 0 saturated carbocycles. The lowest BCUT2D eigenvalue weighted by Crippen LogP contribution is -2.22. The maximum Gasteiger partial charge on any atom is 0.129 e. The molecule has 1 aromatic rings. The third kappa shape index (κ3) is 2.57. The van der Waals surface area contributed by atoms with Gasteiger partial charge in [-0.1, -0.05) is 11.6 Å². The maximum atomic E-state index is 8.76. The molecule has 0 saturated heterocycles. The van der Waals surface area contributed by atoms with Crippen molar-refractivity contribution in [2.24, 2.45) is 0 Å². The number of anilines is 1. The molecule has 0 aliphatic carbocycles. The Kier molecular flexibility index (Phi) is 3.51. The Balaban J connectivity index is 2.88. The smallest absolute Gasteiger partial charge is 0.129 e. The minimum absolute atomic E-state index is 0.137. The fourth-order valence-corrected chi connectivity index (χ4v) is 1.39. The van der Waals surface area contributed by atoms with Crippen LogP contribution in [0.2, 0.25) is 5.15 Å². The summed E-state index contributed by atoms with van der Waals surface area (Å²) >= 11 is 5.72. The molecule has 3 nitrogen and oxygen atoms in total. The van der Waals surface area contributed by atoms with Gasteiger partial charge in [0.05, 0.1) is 18.0 Å². The summed E-state index contributed by atoms with van der Waals surface area (Å²) in [4.78, 5) is 6.06. The van der Waals surface area contributed by atoms with E-state index in [1.54, 1.807) is 6.07 Å². The lowest BCUT2D eigenvalue weighted by atomic mass is 10.3. The van der Waals surface area contributed by atoms with E-state index in [-0.39, 0.29) is 6.61 Å². The van der Waals surface area contributed by atoms with E-state index in [1.165, 1.54) is 0 Å². The highest BCUT2D eigenvalue weighted by Crippen LogP contribution is 2.18. The van der Waals surface area contributed by atoms with Crippen LogP contribution in [0.25, 0.3) is 0 Å². The molecular formula is C9H13ClN2O. The molecule has 1 rings (SSSR count). The molecular weight excluding hydrogens is 188 g/mol. The molecule has 0 spiro atoms. The average molecular weight is 201 g/mol. The van der Waals surface area contributed by atoms with Crippen molar-refractivity contribution in [2.75, 3.05) is 25.1 Å². The Morgan fingerprint density at radius 3 is 2.77 bits per heavy atom. The number of aryl methyl sites for hydroxylation is 1. The summed E-state index contributed by atoms with van der Waals surface area (Å²) in [5.74, 6) is 0. The zero-order valence-corrected chi connectivity index (χ0v) is 8.54. The van der Waals surface area contributed by atoms with Crippen LogP contribution in [-0.2, 0) is 0 Å². The number of nitrogens with zero attached hydrogens (tertiary/aromatic N) is 2. The van der Waals surface area contributed by atoms with Crippen molar-refractivity contribution in [3.8, 4) is 0 Å². The third-order valence-corrected chi connectivity index (χ3v) is 2.08. The second-order valence-corrected chi connectivity index (χ2v) is 3.27. The van der Waals surface area contributed by atoms with E-state index >= 15 is 0 Å². The Hall–Kier alpha value is -0.800. The van der Waals surface area contributed by atoms with Crippen LogP contribution in [0.5, 0.6) is 0 Å². The number of halogens is 1. The van der Waals surface area contributed by atoms with Crippen LogP contribution in [0.4, 0.5) is 5.69 Å². The first-order valence-electron chi connectivity index (χ1n) is 4.10. The van der Waals surface area contributed by atoms with Gasteiger partial charge < -0.3 is 10.0 Å². The first kappa shape index (κ1) is 10.3. The molecule has 0 radical (unpaired) electrons. The van der Waals surface area contributed by atoms with E-state index in [9.17, 15) is 0 Å². The van der Waals surface area contributed by atoms with Gasteiger partial charge >= 0.3 is 0 Å². The van der Waals surface area contributed by atoms with Crippen molar-refractivity contribution in [3.05, 3.63) is 23.0 Å². The van der Waals surface area contributed by atoms with E-state index in [0.717, 1.165) is 11.4 Å². The molecule has 0 amide bonds. The summed E-state index contributed by atoms with van der Waals surface area (Å²) < 4.78 is 0. The second kappa shape index (κ2) is 4.44. The second-order valence-electron chi connectivity index (χ2n) is 2.88. The van der Waals surface area contributed by atoms with Crippen LogP contribution in [0.3, 0.4) is 0 Å². The Bertz CT molecular complexity index is 291. The van der Waals surface area contributed by atoms with Gasteiger partial charge in [0.15, 0.2) is 0 Å². The van der Waals surface area contributed by atoms with Crippen LogP contribution in [0, 0.1) is 6.92 Å². The molecule has 0 atom stereocenters. The van der Waals surface area contributed by atoms with Gasteiger partial charge in [-0.25, -0.2) is 4.98 Å².